The first-order valence-electron chi connectivity index (χ1n) is 6.48. The number of carbonyl (C=O) groups is 2. The zero-order valence-corrected chi connectivity index (χ0v) is 12.9. The average Bonchev–Trinajstić information content (AvgIpc) is 2.81. The van der Waals surface area contributed by atoms with Crippen LogP contribution in [0.25, 0.3) is 6.08 Å². The maximum Gasteiger partial charge on any atom is 0.290 e. The van der Waals surface area contributed by atoms with Crippen molar-refractivity contribution in [2.75, 3.05) is 5.32 Å². The van der Waals surface area contributed by atoms with Gasteiger partial charge in [-0.25, -0.2) is 0 Å². The van der Waals surface area contributed by atoms with E-state index in [1.165, 1.54) is 0 Å². The summed E-state index contributed by atoms with van der Waals surface area (Å²) in [7, 11) is 0. The number of amides is 2. The molecule has 0 unspecified atom stereocenters. The molecule has 1 aliphatic heterocycles. The van der Waals surface area contributed by atoms with Crippen LogP contribution in [-0.2, 0) is 4.79 Å². The van der Waals surface area contributed by atoms with Crippen molar-refractivity contribution in [3.05, 3.63) is 64.0 Å². The maximum absolute atomic E-state index is 11.5. The molecule has 0 saturated carbocycles. The largest absolute Gasteiger partial charge is 0.356 e. The third-order valence-electron chi connectivity index (χ3n) is 2.98. The van der Waals surface area contributed by atoms with Gasteiger partial charge in [-0.3, -0.25) is 14.9 Å². The molecule has 6 heteroatoms. The van der Waals surface area contributed by atoms with E-state index >= 15 is 0 Å². The van der Waals surface area contributed by atoms with Crippen molar-refractivity contribution >= 4 is 52.0 Å². The third kappa shape index (κ3) is 3.50. The fraction of sp³-hybridized carbons (Fsp3) is 0. The average molecular weight is 331 g/mol. The van der Waals surface area contributed by atoms with Crippen molar-refractivity contribution in [1.29, 1.82) is 0 Å². The van der Waals surface area contributed by atoms with Gasteiger partial charge in [-0.2, -0.15) is 0 Å². The number of nitrogens with one attached hydrogen (secondary N) is 2. The van der Waals surface area contributed by atoms with Crippen LogP contribution in [0.2, 0.25) is 5.02 Å². The molecule has 1 fully saturated rings. The molecular weight excluding hydrogens is 320 g/mol. The molecule has 0 atom stereocenters. The van der Waals surface area contributed by atoms with E-state index in [1.807, 2.05) is 48.5 Å². The van der Waals surface area contributed by atoms with Crippen LogP contribution in [-0.4, -0.2) is 11.1 Å². The molecule has 2 N–H and O–H groups in total. The summed E-state index contributed by atoms with van der Waals surface area (Å²) in [5.41, 5.74) is 2.71. The molecule has 1 saturated heterocycles. The first-order valence-corrected chi connectivity index (χ1v) is 7.67. The van der Waals surface area contributed by atoms with Crippen molar-refractivity contribution < 1.29 is 9.59 Å². The Morgan fingerprint density at radius 2 is 1.55 bits per heavy atom. The predicted molar refractivity (Wildman–Crippen MR) is 90.3 cm³/mol. The molecular formula is C16H11ClN2O2S. The van der Waals surface area contributed by atoms with Gasteiger partial charge in [0.1, 0.15) is 0 Å². The Balaban J connectivity index is 1.73. The highest BCUT2D eigenvalue weighted by Gasteiger charge is 2.24. The summed E-state index contributed by atoms with van der Waals surface area (Å²) in [6.07, 6.45) is 1.69. The molecule has 0 spiro atoms. The molecule has 2 amide bonds. The van der Waals surface area contributed by atoms with Gasteiger partial charge in [0.05, 0.1) is 4.91 Å². The molecule has 1 heterocycles. The van der Waals surface area contributed by atoms with Gasteiger partial charge in [-0.1, -0.05) is 23.7 Å². The zero-order valence-electron chi connectivity index (χ0n) is 11.3. The van der Waals surface area contributed by atoms with E-state index < -0.39 is 0 Å². The van der Waals surface area contributed by atoms with Gasteiger partial charge in [0.15, 0.2) is 0 Å². The van der Waals surface area contributed by atoms with Crippen LogP contribution >= 0.6 is 23.4 Å². The lowest BCUT2D eigenvalue weighted by Crippen LogP contribution is -2.17. The van der Waals surface area contributed by atoms with Crippen molar-refractivity contribution in [2.24, 2.45) is 0 Å². The van der Waals surface area contributed by atoms with E-state index in [2.05, 4.69) is 10.6 Å². The van der Waals surface area contributed by atoms with Crippen LogP contribution in [0.3, 0.4) is 0 Å². The molecule has 3 rings (SSSR count). The van der Waals surface area contributed by atoms with Crippen molar-refractivity contribution in [3.63, 3.8) is 0 Å². The van der Waals surface area contributed by atoms with Gasteiger partial charge in [0, 0.05) is 16.4 Å². The first kappa shape index (κ1) is 14.7. The highest BCUT2D eigenvalue weighted by molar-refractivity contribution is 8.18. The van der Waals surface area contributed by atoms with Gasteiger partial charge in [0.2, 0.25) is 0 Å². The molecule has 22 heavy (non-hydrogen) atoms. The van der Waals surface area contributed by atoms with Gasteiger partial charge < -0.3 is 5.32 Å². The topological polar surface area (TPSA) is 58.2 Å². The van der Waals surface area contributed by atoms with Gasteiger partial charge in [-0.15, -0.1) is 0 Å². The van der Waals surface area contributed by atoms with E-state index in [9.17, 15) is 9.59 Å². The van der Waals surface area contributed by atoms with Crippen LogP contribution in [0, 0.1) is 0 Å². The summed E-state index contributed by atoms with van der Waals surface area (Å²) >= 11 is 6.76. The number of thioether (sulfide) groups is 1. The lowest BCUT2D eigenvalue weighted by Gasteiger charge is -2.06. The number of benzene rings is 2. The Bertz CT molecular complexity index is 755. The SMILES string of the molecule is O=C1NC(=O)C(=Cc2ccc(Nc3ccc(Cl)cc3)cc2)S1. The van der Waals surface area contributed by atoms with E-state index in [1.54, 1.807) is 6.08 Å². The number of halogens is 1. The van der Waals surface area contributed by atoms with E-state index in [0.717, 1.165) is 28.7 Å². The van der Waals surface area contributed by atoms with E-state index in [0.29, 0.717) is 9.93 Å². The van der Waals surface area contributed by atoms with Crippen LogP contribution in [0.15, 0.2) is 53.4 Å². The molecule has 2 aromatic carbocycles. The van der Waals surface area contributed by atoms with Crippen molar-refractivity contribution in [3.8, 4) is 0 Å². The summed E-state index contributed by atoms with van der Waals surface area (Å²) in [6.45, 7) is 0. The molecule has 4 nitrogen and oxygen atoms in total. The molecule has 0 bridgehead atoms. The first-order chi connectivity index (χ1) is 10.6. The number of carbonyl (C=O) groups excluding carboxylic acids is 2. The van der Waals surface area contributed by atoms with Crippen molar-refractivity contribution in [1.82, 2.24) is 5.32 Å². The number of hydrogen-bond donors (Lipinski definition) is 2. The quantitative estimate of drug-likeness (QED) is 0.818. The number of hydrogen-bond acceptors (Lipinski definition) is 4. The minimum atomic E-state index is -0.349. The Kier molecular flexibility index (Phi) is 4.18. The van der Waals surface area contributed by atoms with Crippen LogP contribution in [0.5, 0.6) is 0 Å². The second-order valence-electron chi connectivity index (χ2n) is 4.61. The highest BCUT2D eigenvalue weighted by Crippen LogP contribution is 2.26. The monoisotopic (exact) mass is 330 g/mol. The summed E-state index contributed by atoms with van der Waals surface area (Å²) in [4.78, 5) is 23.0. The smallest absolute Gasteiger partial charge is 0.290 e. The fourth-order valence-corrected chi connectivity index (χ4v) is 2.74. The molecule has 110 valence electrons. The Morgan fingerprint density at radius 1 is 0.955 bits per heavy atom. The molecule has 2 aromatic rings. The molecule has 0 aromatic heterocycles. The summed E-state index contributed by atoms with van der Waals surface area (Å²) in [5.74, 6) is -0.349. The summed E-state index contributed by atoms with van der Waals surface area (Å²) in [5, 5.41) is 5.83. The van der Waals surface area contributed by atoms with Gasteiger partial charge >= 0.3 is 0 Å². The normalized spacial score (nSPS) is 16.0. The fourth-order valence-electron chi connectivity index (χ4n) is 1.93. The van der Waals surface area contributed by atoms with Gasteiger partial charge in [0.25, 0.3) is 11.1 Å². The minimum absolute atomic E-state index is 0.336. The number of rotatable bonds is 3. The van der Waals surface area contributed by atoms with Crippen LogP contribution in [0.1, 0.15) is 5.56 Å². The van der Waals surface area contributed by atoms with Crippen molar-refractivity contribution in [2.45, 2.75) is 0 Å². The molecule has 0 aliphatic carbocycles. The second-order valence-corrected chi connectivity index (χ2v) is 6.06. The zero-order chi connectivity index (χ0) is 15.5. The lowest BCUT2D eigenvalue weighted by atomic mass is 10.2. The Hall–Kier alpha value is -2.24. The number of imide groups is 1. The maximum atomic E-state index is 11.5. The second kappa shape index (κ2) is 6.25. The van der Waals surface area contributed by atoms with E-state index in [-0.39, 0.29) is 11.1 Å². The number of anilines is 2. The lowest BCUT2D eigenvalue weighted by molar-refractivity contribution is -0.115. The van der Waals surface area contributed by atoms with E-state index in [4.69, 9.17) is 11.6 Å². The summed E-state index contributed by atoms with van der Waals surface area (Å²) in [6, 6.07) is 15.0. The Labute approximate surface area is 136 Å². The highest BCUT2D eigenvalue weighted by atomic mass is 35.5. The Morgan fingerprint density at radius 3 is 2.09 bits per heavy atom. The standard InChI is InChI=1S/C16H11ClN2O2S/c17-11-3-7-13(8-4-11)18-12-5-1-10(2-6-12)9-14-15(20)19-16(21)22-14/h1-9,18H,(H,19,20,21). The minimum Gasteiger partial charge on any atom is -0.356 e. The molecule has 0 radical (unpaired) electrons. The molecule has 1 aliphatic rings. The van der Waals surface area contributed by atoms with Crippen LogP contribution < -0.4 is 10.6 Å². The van der Waals surface area contributed by atoms with Gasteiger partial charge in [-0.05, 0) is 59.8 Å². The third-order valence-corrected chi connectivity index (χ3v) is 4.05. The van der Waals surface area contributed by atoms with Crippen LogP contribution in [0.4, 0.5) is 16.2 Å². The predicted octanol–water partition coefficient (Wildman–Crippen LogP) is 4.41. The summed E-state index contributed by atoms with van der Waals surface area (Å²) < 4.78 is 0.